The lowest BCUT2D eigenvalue weighted by molar-refractivity contribution is 0.170. The summed E-state index contributed by atoms with van der Waals surface area (Å²) in [5.41, 5.74) is 6.62. The van der Waals surface area contributed by atoms with Crippen LogP contribution in [0.5, 0.6) is 0 Å². The highest BCUT2D eigenvalue weighted by Gasteiger charge is 2.83. The fourth-order valence-electron chi connectivity index (χ4n) is 27.6. The molecule has 298 valence electrons. The van der Waals surface area contributed by atoms with E-state index in [2.05, 4.69) is 13.8 Å². The van der Waals surface area contributed by atoms with E-state index < -0.39 is 0 Å². The maximum atomic E-state index is 5.02. The molecule has 1 aliphatic heterocycles. The fourth-order valence-corrected chi connectivity index (χ4v) is 27.6. The van der Waals surface area contributed by atoms with Gasteiger partial charge in [0.15, 0.2) is 0 Å². The van der Waals surface area contributed by atoms with Crippen molar-refractivity contribution >= 4 is 291 Å². The average Bonchev–Trinajstić information content (AvgIpc) is 4.38. The smallest absolute Gasteiger partial charge is 0.0565 e. The third-order valence-corrected chi connectivity index (χ3v) is 27.2. The van der Waals surface area contributed by atoms with Gasteiger partial charge in [-0.2, -0.15) is 0 Å². The lowest BCUT2D eigenvalue weighted by atomic mass is 9.40. The van der Waals surface area contributed by atoms with Crippen molar-refractivity contribution in [3.8, 4) is 0 Å². The van der Waals surface area contributed by atoms with Gasteiger partial charge in [0.05, 0.1) is 10.8 Å². The zero-order valence-corrected chi connectivity index (χ0v) is 37.0. The zero-order valence-electron chi connectivity index (χ0n) is 37.0. The Balaban J connectivity index is 1.21. The van der Waals surface area contributed by atoms with Crippen LogP contribution >= 0.6 is 0 Å². The van der Waals surface area contributed by atoms with Crippen LogP contribution in [0.1, 0.15) is 68.2 Å². The summed E-state index contributed by atoms with van der Waals surface area (Å²) in [6, 6.07) is 0. The number of nitrogens with one attached hydrogen (secondary N) is 1. The molecular weight excluding hydrogens is 843 g/mol. The first-order valence-corrected chi connectivity index (χ1v) is 27.2. The van der Waals surface area contributed by atoms with E-state index in [1.165, 1.54) is 32.1 Å². The minimum atomic E-state index is -0.247. The van der Waals surface area contributed by atoms with Crippen molar-refractivity contribution in [2.24, 2.45) is 0 Å². The molecule has 6 aliphatic rings. The van der Waals surface area contributed by atoms with Gasteiger partial charge < -0.3 is 5.32 Å². The molecule has 0 amide bonds. The minimum absolute atomic E-state index is 0.0576. The molecule has 0 unspecified atom stereocenters. The van der Waals surface area contributed by atoms with Crippen molar-refractivity contribution in [3.05, 3.63) is 22.3 Å². The SMILES string of the molecule is CC1(C)NC2(CCCCC2)C23c4c5c6c7c8c9c(c%10c%11c2c2c4c4c%12c5c5c6c6c8c8c%13c9c9c%10c%10c%11c%11c2c2c4c4c%12c%12c5c5c6c8c6c8c%13c9c9c%10c%10c%11c2c2c4c4c%12c5c6c5c8c9c%10c2c45)C713. The quantitative estimate of drug-likeness (QED) is 0.150. The molecule has 3 spiro atoms. The van der Waals surface area contributed by atoms with Gasteiger partial charge in [-0.1, -0.05) is 19.3 Å². The topological polar surface area (TPSA) is 12.0 Å². The van der Waals surface area contributed by atoms with Crippen molar-refractivity contribution in [1.29, 1.82) is 0 Å². The van der Waals surface area contributed by atoms with Gasteiger partial charge in [-0.3, -0.25) is 0 Å². The lowest BCUT2D eigenvalue weighted by Crippen LogP contribution is -2.63. The number of benzene rings is 18. The molecule has 0 atom stereocenters. The molecule has 0 bridgehead atoms. The standard InChI is InChI=1S/C69H17N/c1-66(2)68-62-54-46-36-26-18-10-8-9-12-16-14(10)22-30-24(16)34-28-20(12)21-13(9)17-15-11(8)19(18)27-33-23(15)31-25(17)35-29(21)39-38(28)48-42(34)52-44(30)50(40(46)32(22)26)56(62)58(52)64-60(48)61-49(39)43(35)53-45(31)51-41(33)47(37(27)36)55(54)63(68)57(51)59(53)65(61)69(64,68)67(70-66)6-4-3-5-7-67/h70H,3-7H2,1-2H3. The van der Waals surface area contributed by atoms with Crippen LogP contribution in [-0.2, 0) is 10.8 Å². The summed E-state index contributed by atoms with van der Waals surface area (Å²) >= 11 is 0. The first-order valence-electron chi connectivity index (χ1n) is 27.2. The van der Waals surface area contributed by atoms with Gasteiger partial charge in [-0.15, -0.1) is 0 Å². The van der Waals surface area contributed by atoms with E-state index in [0.29, 0.717) is 0 Å². The zero-order chi connectivity index (χ0) is 41.7. The molecule has 28 aromatic carbocycles. The minimum Gasteiger partial charge on any atom is -0.304 e. The Labute approximate surface area is 384 Å². The van der Waals surface area contributed by atoms with Crippen molar-refractivity contribution < 1.29 is 0 Å². The first-order chi connectivity index (χ1) is 34.7. The third-order valence-electron chi connectivity index (χ3n) is 27.2. The average molecular weight is 860 g/mol. The van der Waals surface area contributed by atoms with E-state index in [1.807, 2.05) is 22.3 Å². The molecule has 28 aromatic rings. The van der Waals surface area contributed by atoms with Crippen LogP contribution in [-0.4, -0.2) is 11.1 Å². The predicted molar refractivity (Wildman–Crippen MR) is 297 cm³/mol. The molecule has 1 N–H and O–H groups in total. The Morgan fingerprint density at radius 3 is 0.543 bits per heavy atom. The molecule has 1 heteroatoms. The van der Waals surface area contributed by atoms with E-state index in [-0.39, 0.29) is 21.9 Å². The molecule has 1 saturated heterocycles. The Morgan fingerprint density at radius 1 is 0.200 bits per heavy atom. The summed E-state index contributed by atoms with van der Waals surface area (Å²) in [5, 5.41) is 96.9. The Morgan fingerprint density at radius 2 is 0.357 bits per heavy atom. The van der Waals surface area contributed by atoms with Gasteiger partial charge in [0.1, 0.15) is 0 Å². The Hall–Kier alpha value is -7.58. The molecule has 34 rings (SSSR count). The monoisotopic (exact) mass is 859 g/mol. The van der Waals surface area contributed by atoms with Crippen LogP contribution in [0.2, 0.25) is 0 Å². The van der Waals surface area contributed by atoms with Crippen molar-refractivity contribution in [1.82, 2.24) is 5.32 Å². The highest BCUT2D eigenvalue weighted by molar-refractivity contribution is 6.82. The van der Waals surface area contributed by atoms with Gasteiger partial charge in [-0.25, -0.2) is 0 Å². The molecule has 0 radical (unpaired) electrons. The highest BCUT2D eigenvalue weighted by atomic mass is 15.2. The van der Waals surface area contributed by atoms with Gasteiger partial charge in [-0.05, 0) is 340 Å². The molecule has 1 heterocycles. The molecular formula is C69H17N. The second kappa shape index (κ2) is 5.81. The summed E-state index contributed by atoms with van der Waals surface area (Å²) in [6.07, 6.45) is 6.56. The molecule has 70 heavy (non-hydrogen) atoms. The summed E-state index contributed by atoms with van der Waals surface area (Å²) in [5.74, 6) is 0. The van der Waals surface area contributed by atoms with E-state index in [4.69, 9.17) is 5.32 Å². The molecule has 5 aliphatic carbocycles. The van der Waals surface area contributed by atoms with Crippen molar-refractivity contribution in [2.45, 2.75) is 67.9 Å². The summed E-state index contributed by atoms with van der Waals surface area (Å²) < 4.78 is 0. The number of hydrogen-bond donors (Lipinski definition) is 1. The number of hydrogen-bond acceptors (Lipinski definition) is 1. The van der Waals surface area contributed by atoms with Crippen molar-refractivity contribution in [3.63, 3.8) is 0 Å². The van der Waals surface area contributed by atoms with Crippen LogP contribution in [0, 0.1) is 0 Å². The predicted octanol–water partition coefficient (Wildman–Crippen LogP) is 18.4. The Kier molecular flexibility index (Phi) is 2.19. The molecule has 2 fully saturated rings. The summed E-state index contributed by atoms with van der Waals surface area (Å²) in [7, 11) is 0. The van der Waals surface area contributed by atoms with Crippen LogP contribution in [0.4, 0.5) is 0 Å². The van der Waals surface area contributed by atoms with Crippen molar-refractivity contribution in [2.75, 3.05) is 0 Å². The van der Waals surface area contributed by atoms with E-state index in [1.54, 1.807) is 291 Å². The van der Waals surface area contributed by atoms with Crippen LogP contribution in [0.15, 0.2) is 0 Å². The van der Waals surface area contributed by atoms with Crippen LogP contribution in [0.25, 0.3) is 291 Å². The van der Waals surface area contributed by atoms with E-state index in [0.717, 1.165) is 0 Å². The largest absolute Gasteiger partial charge is 0.304 e. The van der Waals surface area contributed by atoms with Gasteiger partial charge in [0, 0.05) is 11.1 Å². The Bertz CT molecular complexity index is 7030. The maximum absolute atomic E-state index is 5.02. The first kappa shape index (κ1) is 26.4. The van der Waals surface area contributed by atoms with E-state index in [9.17, 15) is 0 Å². The lowest BCUT2D eigenvalue weighted by Gasteiger charge is -2.59. The maximum Gasteiger partial charge on any atom is 0.0565 e. The second-order valence-corrected chi connectivity index (χ2v) is 27.6. The van der Waals surface area contributed by atoms with Crippen LogP contribution < -0.4 is 5.32 Å². The third kappa shape index (κ3) is 1.34. The second-order valence-electron chi connectivity index (χ2n) is 27.6. The molecule has 0 aromatic heterocycles. The van der Waals surface area contributed by atoms with Gasteiger partial charge in [0.2, 0.25) is 0 Å². The van der Waals surface area contributed by atoms with Gasteiger partial charge >= 0.3 is 0 Å². The normalized spacial score (nSPS) is 25.3. The van der Waals surface area contributed by atoms with Gasteiger partial charge in [0.25, 0.3) is 0 Å². The fraction of sp³-hybridized carbons (Fsp3) is 0.159. The summed E-state index contributed by atoms with van der Waals surface area (Å²) in [4.78, 5) is 0. The number of rotatable bonds is 0. The molecule has 1 saturated carbocycles. The molecule has 1 nitrogen and oxygen atoms in total. The highest BCUT2D eigenvalue weighted by Crippen LogP contribution is 2.88. The van der Waals surface area contributed by atoms with Crippen LogP contribution in [0.3, 0.4) is 0 Å². The van der Waals surface area contributed by atoms with E-state index >= 15 is 0 Å². The summed E-state index contributed by atoms with van der Waals surface area (Å²) in [6.45, 7) is 5.56.